The van der Waals surface area contributed by atoms with Crippen molar-refractivity contribution >= 4 is 11.0 Å². The summed E-state index contributed by atoms with van der Waals surface area (Å²) < 4.78 is 3.28. The van der Waals surface area contributed by atoms with E-state index >= 15 is 0 Å². The Morgan fingerprint density at radius 3 is 2.89 bits per heavy atom. The van der Waals surface area contributed by atoms with Crippen LogP contribution < -0.4 is 10.9 Å². The molecule has 0 aliphatic carbocycles. The fraction of sp³-hybridized carbons (Fsp3) is 0.615. The number of hydrogen-bond donors (Lipinski definition) is 1. The second kappa shape index (κ2) is 5.97. The lowest BCUT2D eigenvalue weighted by Crippen LogP contribution is -2.25. The monoisotopic (exact) mass is 263 g/mol. The van der Waals surface area contributed by atoms with Gasteiger partial charge in [0.25, 0.3) is 5.56 Å². The predicted octanol–water partition coefficient (Wildman–Crippen LogP) is 0.908. The van der Waals surface area contributed by atoms with E-state index in [1.807, 2.05) is 0 Å². The van der Waals surface area contributed by atoms with Crippen LogP contribution in [0.4, 0.5) is 0 Å². The largest absolute Gasteiger partial charge is 0.315 e. The van der Waals surface area contributed by atoms with Crippen LogP contribution >= 0.6 is 0 Å². The van der Waals surface area contributed by atoms with Gasteiger partial charge in [-0.05, 0) is 19.4 Å². The molecule has 0 fully saturated rings. The normalized spacial score (nSPS) is 11.6. The Hall–Kier alpha value is -1.69. The Morgan fingerprint density at radius 2 is 2.16 bits per heavy atom. The molecule has 19 heavy (non-hydrogen) atoms. The third kappa shape index (κ3) is 3.20. The highest BCUT2D eigenvalue weighted by Gasteiger charge is 2.07. The second-order valence-corrected chi connectivity index (χ2v) is 5.06. The molecular formula is C13H21N5O. The van der Waals surface area contributed by atoms with Crippen molar-refractivity contribution in [1.82, 2.24) is 24.6 Å². The minimum atomic E-state index is -0.00470. The molecule has 0 saturated carbocycles. The van der Waals surface area contributed by atoms with Crippen LogP contribution in [0.2, 0.25) is 0 Å². The summed E-state index contributed by atoms with van der Waals surface area (Å²) in [6, 6.07) is 0.510. The maximum absolute atomic E-state index is 12.2. The number of nitrogens with zero attached hydrogens (tertiary/aromatic N) is 4. The Labute approximate surface area is 112 Å². The highest BCUT2D eigenvalue weighted by atomic mass is 16.1. The zero-order valence-electron chi connectivity index (χ0n) is 11.8. The molecule has 2 aromatic rings. The summed E-state index contributed by atoms with van der Waals surface area (Å²) in [5.41, 5.74) is 0.637. The summed E-state index contributed by atoms with van der Waals surface area (Å²) >= 11 is 0. The molecule has 0 bridgehead atoms. The lowest BCUT2D eigenvalue weighted by atomic mass is 10.3. The molecule has 0 aromatic carbocycles. The van der Waals surface area contributed by atoms with Crippen molar-refractivity contribution < 1.29 is 0 Å². The van der Waals surface area contributed by atoms with Gasteiger partial charge in [-0.25, -0.2) is 4.98 Å². The maximum atomic E-state index is 12.2. The summed E-state index contributed by atoms with van der Waals surface area (Å²) in [5, 5.41) is 8.01. The highest BCUT2D eigenvalue weighted by molar-refractivity contribution is 5.72. The van der Waals surface area contributed by atoms with Crippen molar-refractivity contribution in [3.8, 4) is 0 Å². The van der Waals surface area contributed by atoms with Crippen molar-refractivity contribution in [3.63, 3.8) is 0 Å². The van der Waals surface area contributed by atoms with Crippen LogP contribution in [0, 0.1) is 0 Å². The van der Waals surface area contributed by atoms with Crippen LogP contribution in [0.1, 0.15) is 26.7 Å². The average Bonchev–Trinajstić information content (AvgIpc) is 2.74. The summed E-state index contributed by atoms with van der Waals surface area (Å²) in [4.78, 5) is 16.4. The fourth-order valence-corrected chi connectivity index (χ4v) is 2.02. The molecule has 2 heterocycles. The Kier molecular flexibility index (Phi) is 4.31. The average molecular weight is 263 g/mol. The maximum Gasteiger partial charge on any atom is 0.264 e. The summed E-state index contributed by atoms with van der Waals surface area (Å²) in [5.74, 6) is 0. The van der Waals surface area contributed by atoms with Gasteiger partial charge in [0.2, 0.25) is 0 Å². The number of fused-ring (bicyclic) bond motifs is 1. The van der Waals surface area contributed by atoms with Gasteiger partial charge in [-0.1, -0.05) is 13.8 Å². The van der Waals surface area contributed by atoms with Crippen molar-refractivity contribution in [2.24, 2.45) is 7.05 Å². The summed E-state index contributed by atoms with van der Waals surface area (Å²) in [6.07, 6.45) is 5.21. The van der Waals surface area contributed by atoms with E-state index < -0.39 is 0 Å². The van der Waals surface area contributed by atoms with Gasteiger partial charge in [0.05, 0.1) is 12.5 Å². The van der Waals surface area contributed by atoms with E-state index in [-0.39, 0.29) is 5.56 Å². The Balaban J connectivity index is 1.98. The Morgan fingerprint density at radius 1 is 1.37 bits per heavy atom. The van der Waals surface area contributed by atoms with E-state index in [0.717, 1.165) is 19.4 Å². The van der Waals surface area contributed by atoms with Gasteiger partial charge in [-0.2, -0.15) is 5.10 Å². The first-order valence-corrected chi connectivity index (χ1v) is 6.70. The molecule has 0 amide bonds. The molecule has 0 aliphatic heterocycles. The standard InChI is InChI=1S/C13H21N5O/c1-10(2)14-6-4-5-7-18-9-15-12-11(13(18)19)8-16-17(12)3/h8-10,14H,4-7H2,1-3H3. The molecule has 0 aliphatic rings. The number of rotatable bonds is 6. The first kappa shape index (κ1) is 13.7. The second-order valence-electron chi connectivity index (χ2n) is 5.06. The van der Waals surface area contributed by atoms with Gasteiger partial charge in [0, 0.05) is 19.6 Å². The molecule has 104 valence electrons. The van der Waals surface area contributed by atoms with Gasteiger partial charge in [-0.3, -0.25) is 14.0 Å². The van der Waals surface area contributed by atoms with Crippen molar-refractivity contribution in [2.45, 2.75) is 39.3 Å². The van der Waals surface area contributed by atoms with Crippen LogP contribution in [0.3, 0.4) is 0 Å². The van der Waals surface area contributed by atoms with Gasteiger partial charge in [0.15, 0.2) is 5.65 Å². The number of aromatic nitrogens is 4. The molecule has 6 nitrogen and oxygen atoms in total. The van der Waals surface area contributed by atoms with Crippen molar-refractivity contribution in [1.29, 1.82) is 0 Å². The van der Waals surface area contributed by atoms with E-state index in [9.17, 15) is 4.79 Å². The van der Waals surface area contributed by atoms with Crippen LogP contribution in [-0.2, 0) is 13.6 Å². The van der Waals surface area contributed by atoms with Gasteiger partial charge >= 0.3 is 0 Å². The first-order chi connectivity index (χ1) is 9.09. The topological polar surface area (TPSA) is 64.7 Å². The van der Waals surface area contributed by atoms with Crippen molar-refractivity contribution in [3.05, 3.63) is 22.9 Å². The van der Waals surface area contributed by atoms with E-state index in [0.29, 0.717) is 23.6 Å². The molecule has 0 saturated heterocycles. The zero-order chi connectivity index (χ0) is 13.8. The van der Waals surface area contributed by atoms with E-state index in [1.165, 1.54) is 0 Å². The van der Waals surface area contributed by atoms with Gasteiger partial charge in [-0.15, -0.1) is 0 Å². The minimum absolute atomic E-state index is 0.00470. The minimum Gasteiger partial charge on any atom is -0.315 e. The number of unbranched alkanes of at least 4 members (excludes halogenated alkanes) is 1. The lowest BCUT2D eigenvalue weighted by molar-refractivity contribution is 0.525. The molecule has 6 heteroatoms. The number of hydrogen-bond acceptors (Lipinski definition) is 4. The molecule has 1 N–H and O–H groups in total. The third-order valence-corrected chi connectivity index (χ3v) is 3.10. The molecule has 0 unspecified atom stereocenters. The smallest absolute Gasteiger partial charge is 0.264 e. The fourth-order valence-electron chi connectivity index (χ4n) is 2.02. The third-order valence-electron chi connectivity index (χ3n) is 3.10. The van der Waals surface area contributed by atoms with Crippen LogP contribution in [0.5, 0.6) is 0 Å². The quantitative estimate of drug-likeness (QED) is 0.787. The summed E-state index contributed by atoms with van der Waals surface area (Å²) in [7, 11) is 1.79. The number of aryl methyl sites for hydroxylation is 2. The van der Waals surface area contributed by atoms with Crippen LogP contribution in [-0.4, -0.2) is 31.9 Å². The molecule has 0 atom stereocenters. The molecule has 2 rings (SSSR count). The zero-order valence-corrected chi connectivity index (χ0v) is 11.8. The van der Waals surface area contributed by atoms with Gasteiger partial charge < -0.3 is 5.32 Å². The molecule has 0 spiro atoms. The Bertz CT molecular complexity index is 599. The van der Waals surface area contributed by atoms with Crippen LogP contribution in [0.25, 0.3) is 11.0 Å². The van der Waals surface area contributed by atoms with Crippen LogP contribution in [0.15, 0.2) is 17.3 Å². The first-order valence-electron chi connectivity index (χ1n) is 6.70. The van der Waals surface area contributed by atoms with E-state index in [2.05, 4.69) is 29.2 Å². The molecule has 0 radical (unpaired) electrons. The molecular weight excluding hydrogens is 242 g/mol. The van der Waals surface area contributed by atoms with E-state index in [1.54, 1.807) is 28.8 Å². The van der Waals surface area contributed by atoms with E-state index in [4.69, 9.17) is 0 Å². The van der Waals surface area contributed by atoms with Crippen molar-refractivity contribution in [2.75, 3.05) is 6.54 Å². The molecule has 2 aromatic heterocycles. The predicted molar refractivity (Wildman–Crippen MR) is 75.1 cm³/mol. The SMILES string of the molecule is CC(C)NCCCCn1cnc2c(cnn2C)c1=O. The van der Waals surface area contributed by atoms with Gasteiger partial charge in [0.1, 0.15) is 5.39 Å². The highest BCUT2D eigenvalue weighted by Crippen LogP contribution is 2.03. The summed E-state index contributed by atoms with van der Waals surface area (Å²) in [6.45, 7) is 5.95. The number of nitrogens with one attached hydrogen (secondary N) is 1. The lowest BCUT2D eigenvalue weighted by Gasteiger charge is -2.08.